The first kappa shape index (κ1) is 12.8. The van der Waals surface area contributed by atoms with Gasteiger partial charge in [0.1, 0.15) is 0 Å². The zero-order valence-corrected chi connectivity index (χ0v) is 10.0. The van der Waals surface area contributed by atoms with E-state index in [2.05, 4.69) is 0 Å². The lowest BCUT2D eigenvalue weighted by atomic mass is 10.1. The van der Waals surface area contributed by atoms with Crippen LogP contribution in [0.3, 0.4) is 0 Å². The van der Waals surface area contributed by atoms with Crippen molar-refractivity contribution >= 4 is 24.0 Å². The average molecular weight is 241 g/mol. The first-order chi connectivity index (χ1) is 7.29. The summed E-state index contributed by atoms with van der Waals surface area (Å²) in [5, 5.41) is 0. The molecule has 1 amide bonds. The fourth-order valence-corrected chi connectivity index (χ4v) is 1.96. The fourth-order valence-electron chi connectivity index (χ4n) is 1.96. The number of halogens is 1. The minimum Gasteiger partial charge on any atom is -0.398 e. The molecule has 3 nitrogen and oxygen atoms in total. The number of hydrogen-bond donors (Lipinski definition) is 1. The van der Waals surface area contributed by atoms with Crippen LogP contribution in [0.25, 0.3) is 0 Å². The Morgan fingerprint density at radius 2 is 1.75 bits per heavy atom. The Morgan fingerprint density at radius 3 is 2.38 bits per heavy atom. The van der Waals surface area contributed by atoms with E-state index in [4.69, 9.17) is 5.73 Å². The number of hydrogen-bond acceptors (Lipinski definition) is 2. The fraction of sp³-hybridized carbons (Fsp3) is 0.417. The first-order valence-electron chi connectivity index (χ1n) is 5.43. The summed E-state index contributed by atoms with van der Waals surface area (Å²) in [6.45, 7) is 1.74. The summed E-state index contributed by atoms with van der Waals surface area (Å²) in [4.78, 5) is 14.0. The molecule has 2 rings (SSSR count). The number of carbonyl (C=O) groups is 1. The molecule has 0 aromatic heterocycles. The third-order valence-electron chi connectivity index (χ3n) is 2.83. The van der Waals surface area contributed by atoms with Crippen molar-refractivity contribution in [2.75, 3.05) is 18.8 Å². The number of nitrogen functional groups attached to an aromatic ring is 1. The maximum absolute atomic E-state index is 12.1. The van der Waals surface area contributed by atoms with Crippen LogP contribution in [0, 0.1) is 0 Å². The number of nitrogens with zero attached hydrogens (tertiary/aromatic N) is 1. The van der Waals surface area contributed by atoms with E-state index in [9.17, 15) is 4.79 Å². The molecule has 1 aliphatic heterocycles. The molecule has 0 atom stereocenters. The van der Waals surface area contributed by atoms with Crippen molar-refractivity contribution in [2.24, 2.45) is 0 Å². The van der Waals surface area contributed by atoms with Gasteiger partial charge >= 0.3 is 0 Å². The van der Waals surface area contributed by atoms with Gasteiger partial charge in [-0.25, -0.2) is 0 Å². The maximum atomic E-state index is 12.1. The summed E-state index contributed by atoms with van der Waals surface area (Å²) in [5.41, 5.74) is 7.00. The quantitative estimate of drug-likeness (QED) is 0.766. The van der Waals surface area contributed by atoms with Crippen molar-refractivity contribution in [1.29, 1.82) is 0 Å². The van der Waals surface area contributed by atoms with E-state index in [1.54, 1.807) is 12.1 Å². The van der Waals surface area contributed by atoms with E-state index in [-0.39, 0.29) is 18.3 Å². The van der Waals surface area contributed by atoms with Gasteiger partial charge in [0.05, 0.1) is 5.56 Å². The minimum absolute atomic E-state index is 0. The normalized spacial score (nSPS) is 15.4. The van der Waals surface area contributed by atoms with E-state index in [0.717, 1.165) is 25.9 Å². The van der Waals surface area contributed by atoms with Crippen LogP contribution in [0.5, 0.6) is 0 Å². The summed E-state index contributed by atoms with van der Waals surface area (Å²) in [7, 11) is 0. The molecule has 0 aliphatic carbocycles. The van der Waals surface area contributed by atoms with Crippen LogP contribution in [0.15, 0.2) is 24.3 Å². The Labute approximate surface area is 102 Å². The molecule has 1 saturated heterocycles. The lowest BCUT2D eigenvalue weighted by molar-refractivity contribution is 0.0725. The molecular weight excluding hydrogens is 224 g/mol. The average Bonchev–Trinajstić information content (AvgIpc) is 2.30. The molecule has 1 fully saturated rings. The first-order valence-corrected chi connectivity index (χ1v) is 5.43. The third kappa shape index (κ3) is 2.67. The van der Waals surface area contributed by atoms with Crippen LogP contribution in [0.1, 0.15) is 29.6 Å². The molecule has 1 aromatic rings. The molecule has 16 heavy (non-hydrogen) atoms. The van der Waals surface area contributed by atoms with Crippen LogP contribution < -0.4 is 5.73 Å². The summed E-state index contributed by atoms with van der Waals surface area (Å²) in [6.07, 6.45) is 3.45. The van der Waals surface area contributed by atoms with Gasteiger partial charge in [-0.1, -0.05) is 12.1 Å². The number of carbonyl (C=O) groups excluding carboxylic acids is 1. The van der Waals surface area contributed by atoms with Gasteiger partial charge in [-0.2, -0.15) is 0 Å². The van der Waals surface area contributed by atoms with Crippen molar-refractivity contribution in [3.63, 3.8) is 0 Å². The second-order valence-corrected chi connectivity index (χ2v) is 3.94. The zero-order valence-electron chi connectivity index (χ0n) is 9.19. The Kier molecular flexibility index (Phi) is 4.62. The van der Waals surface area contributed by atoms with Crippen molar-refractivity contribution in [2.45, 2.75) is 19.3 Å². The second-order valence-electron chi connectivity index (χ2n) is 3.94. The van der Waals surface area contributed by atoms with Gasteiger partial charge in [-0.3, -0.25) is 4.79 Å². The summed E-state index contributed by atoms with van der Waals surface area (Å²) >= 11 is 0. The van der Waals surface area contributed by atoms with Gasteiger partial charge in [0.15, 0.2) is 0 Å². The van der Waals surface area contributed by atoms with Crippen LogP contribution in [0.4, 0.5) is 5.69 Å². The molecule has 2 N–H and O–H groups in total. The minimum atomic E-state index is 0. The van der Waals surface area contributed by atoms with E-state index < -0.39 is 0 Å². The Bertz CT molecular complexity index is 362. The molecule has 1 heterocycles. The Hall–Kier alpha value is -1.22. The largest absolute Gasteiger partial charge is 0.398 e. The molecule has 0 bridgehead atoms. The van der Waals surface area contributed by atoms with Crippen molar-refractivity contribution in [3.8, 4) is 0 Å². The Balaban J connectivity index is 0.00000128. The van der Waals surface area contributed by atoms with E-state index in [0.29, 0.717) is 11.3 Å². The highest BCUT2D eigenvalue weighted by molar-refractivity contribution is 5.99. The van der Waals surface area contributed by atoms with E-state index >= 15 is 0 Å². The number of para-hydroxylation sites is 1. The molecule has 0 unspecified atom stereocenters. The smallest absolute Gasteiger partial charge is 0.255 e. The topological polar surface area (TPSA) is 46.3 Å². The molecule has 88 valence electrons. The number of amides is 1. The van der Waals surface area contributed by atoms with E-state index in [1.165, 1.54) is 6.42 Å². The highest BCUT2D eigenvalue weighted by Gasteiger charge is 2.19. The zero-order chi connectivity index (χ0) is 10.7. The lowest BCUT2D eigenvalue weighted by Gasteiger charge is -2.27. The van der Waals surface area contributed by atoms with Gasteiger partial charge in [0.25, 0.3) is 5.91 Å². The van der Waals surface area contributed by atoms with Crippen molar-refractivity contribution in [3.05, 3.63) is 29.8 Å². The number of nitrogens with two attached hydrogens (primary N) is 1. The molecule has 0 spiro atoms. The molecular formula is C12H17ClN2O. The predicted molar refractivity (Wildman–Crippen MR) is 67.9 cm³/mol. The number of piperidine rings is 1. The van der Waals surface area contributed by atoms with Crippen LogP contribution in [-0.4, -0.2) is 23.9 Å². The molecule has 0 radical (unpaired) electrons. The van der Waals surface area contributed by atoms with Gasteiger partial charge in [0.2, 0.25) is 0 Å². The molecule has 0 saturated carbocycles. The maximum Gasteiger partial charge on any atom is 0.255 e. The molecule has 4 heteroatoms. The van der Waals surface area contributed by atoms with Crippen LogP contribution in [0.2, 0.25) is 0 Å². The number of benzene rings is 1. The van der Waals surface area contributed by atoms with Gasteiger partial charge in [-0.15, -0.1) is 12.4 Å². The number of rotatable bonds is 1. The standard InChI is InChI=1S/C12H16N2O.ClH/c13-11-7-3-2-6-10(11)12(15)14-8-4-1-5-9-14;/h2-3,6-7H,1,4-5,8-9,13H2;1H. The second kappa shape index (κ2) is 5.75. The summed E-state index contributed by atoms with van der Waals surface area (Å²) < 4.78 is 0. The van der Waals surface area contributed by atoms with Crippen molar-refractivity contribution in [1.82, 2.24) is 4.90 Å². The predicted octanol–water partition coefficient (Wildman–Crippen LogP) is 2.32. The lowest BCUT2D eigenvalue weighted by Crippen LogP contribution is -2.35. The van der Waals surface area contributed by atoms with Gasteiger partial charge in [-0.05, 0) is 31.4 Å². The summed E-state index contributed by atoms with van der Waals surface area (Å²) in [6, 6.07) is 7.28. The Morgan fingerprint density at radius 1 is 1.12 bits per heavy atom. The highest BCUT2D eigenvalue weighted by Crippen LogP contribution is 2.17. The summed E-state index contributed by atoms with van der Waals surface area (Å²) in [5.74, 6) is 0.0767. The number of anilines is 1. The van der Waals surface area contributed by atoms with E-state index in [1.807, 2.05) is 17.0 Å². The molecule has 1 aromatic carbocycles. The van der Waals surface area contributed by atoms with Crippen LogP contribution >= 0.6 is 12.4 Å². The molecule has 1 aliphatic rings. The SMILES string of the molecule is Cl.Nc1ccccc1C(=O)N1CCCCC1. The van der Waals surface area contributed by atoms with Gasteiger partial charge < -0.3 is 10.6 Å². The number of likely N-dealkylation sites (tertiary alicyclic amines) is 1. The van der Waals surface area contributed by atoms with Crippen molar-refractivity contribution < 1.29 is 4.79 Å². The monoisotopic (exact) mass is 240 g/mol. The highest BCUT2D eigenvalue weighted by atomic mass is 35.5. The van der Waals surface area contributed by atoms with Crippen LogP contribution in [-0.2, 0) is 0 Å². The third-order valence-corrected chi connectivity index (χ3v) is 2.83. The van der Waals surface area contributed by atoms with Gasteiger partial charge in [0, 0.05) is 18.8 Å².